The number of fused-ring (bicyclic) bond motifs is 1. The molecule has 7 nitrogen and oxygen atoms in total. The molecule has 3 heterocycles. The molecule has 1 saturated heterocycles. The SMILES string of the molecule is CCC.C[C@@H]1CNC[C@H](C)N1c1ccc(-c2cnc3c(-c4cccc([SH+](=O)O)c4)cnn3c2)cc1. The highest BCUT2D eigenvalue weighted by Crippen LogP contribution is 2.29. The zero-order valence-corrected chi connectivity index (χ0v) is 21.6. The third-order valence-corrected chi connectivity index (χ3v) is 6.78. The number of aromatic nitrogens is 3. The Morgan fingerprint density at radius 2 is 1.69 bits per heavy atom. The summed E-state index contributed by atoms with van der Waals surface area (Å²) < 4.78 is 22.6. The maximum Gasteiger partial charge on any atom is 0.235 e. The normalized spacial score (nSPS) is 18.7. The van der Waals surface area contributed by atoms with E-state index < -0.39 is 11.1 Å². The predicted molar refractivity (Wildman–Crippen MR) is 144 cm³/mol. The van der Waals surface area contributed by atoms with Gasteiger partial charge in [-0.15, -0.1) is 0 Å². The summed E-state index contributed by atoms with van der Waals surface area (Å²) in [5, 5.41) is 7.94. The van der Waals surface area contributed by atoms with Crippen LogP contribution in [-0.2, 0) is 15.3 Å². The van der Waals surface area contributed by atoms with Crippen molar-refractivity contribution >= 4 is 22.4 Å². The molecular weight excluding hydrogens is 458 g/mol. The van der Waals surface area contributed by atoms with Gasteiger partial charge in [-0.3, -0.25) is 0 Å². The number of anilines is 1. The van der Waals surface area contributed by atoms with Gasteiger partial charge in [-0.05, 0) is 43.2 Å². The van der Waals surface area contributed by atoms with Gasteiger partial charge >= 0.3 is 0 Å². The van der Waals surface area contributed by atoms with Gasteiger partial charge in [-0.2, -0.15) is 9.65 Å². The Hall–Kier alpha value is -3.07. The third kappa shape index (κ3) is 5.45. The minimum atomic E-state index is -2.38. The van der Waals surface area contributed by atoms with Crippen molar-refractivity contribution in [3.63, 3.8) is 0 Å². The van der Waals surface area contributed by atoms with Gasteiger partial charge in [0.05, 0.1) is 6.20 Å². The average Bonchev–Trinajstić information content (AvgIpc) is 3.28. The third-order valence-electron chi connectivity index (χ3n) is 6.06. The second kappa shape index (κ2) is 11.1. The zero-order chi connectivity index (χ0) is 24.9. The van der Waals surface area contributed by atoms with Crippen LogP contribution in [0.5, 0.6) is 0 Å². The number of nitrogens with one attached hydrogen (secondary N) is 1. The quantitative estimate of drug-likeness (QED) is 0.301. The summed E-state index contributed by atoms with van der Waals surface area (Å²) in [7, 11) is 0. The molecule has 1 aliphatic rings. The predicted octanol–water partition coefficient (Wildman–Crippen LogP) is 5.19. The van der Waals surface area contributed by atoms with E-state index in [2.05, 4.69) is 72.3 Å². The first-order chi connectivity index (χ1) is 16.9. The summed E-state index contributed by atoms with van der Waals surface area (Å²) in [5.74, 6) is 0. The Morgan fingerprint density at radius 1 is 1.00 bits per heavy atom. The first kappa shape index (κ1) is 25.0. The van der Waals surface area contributed by atoms with Crippen LogP contribution >= 0.6 is 0 Å². The van der Waals surface area contributed by atoms with Crippen molar-refractivity contribution < 1.29 is 8.76 Å². The van der Waals surface area contributed by atoms with E-state index in [1.54, 1.807) is 28.9 Å². The maximum atomic E-state index is 11.5. The minimum absolute atomic E-state index is 0.390. The van der Waals surface area contributed by atoms with E-state index >= 15 is 0 Å². The monoisotopic (exact) mass is 492 g/mol. The van der Waals surface area contributed by atoms with Crippen LogP contribution in [-0.4, -0.2) is 44.3 Å². The molecule has 35 heavy (non-hydrogen) atoms. The van der Waals surface area contributed by atoms with Crippen LogP contribution in [0.4, 0.5) is 5.69 Å². The second-order valence-corrected chi connectivity index (χ2v) is 10.1. The molecule has 4 aromatic rings. The van der Waals surface area contributed by atoms with E-state index in [1.807, 2.05) is 18.5 Å². The lowest BCUT2D eigenvalue weighted by molar-refractivity contribution is 0.432. The van der Waals surface area contributed by atoms with E-state index in [9.17, 15) is 8.76 Å². The van der Waals surface area contributed by atoms with E-state index in [0.717, 1.165) is 35.3 Å². The first-order valence-electron chi connectivity index (χ1n) is 12.1. The molecule has 8 heteroatoms. The van der Waals surface area contributed by atoms with Gasteiger partial charge in [0.2, 0.25) is 11.1 Å². The van der Waals surface area contributed by atoms with Crippen LogP contribution in [0, 0.1) is 0 Å². The standard InChI is InChI=1S/C24H25N5O2S.C3H8/c1-16-11-25-12-17(2)29(16)21-8-6-18(7-9-21)20-13-26-24-23(14-27-28(24)15-20)19-4-3-5-22(10-19)32(30)31;1-3-2/h3-10,13-17,25H,11-12H2,1-2H3,(H,30,31);3H2,1-2H3/p+1/t16-,17+;. The van der Waals surface area contributed by atoms with Gasteiger partial charge < -0.3 is 10.2 Å². The molecular formula is C27H34N5O2S+. The highest BCUT2D eigenvalue weighted by atomic mass is 32.2. The highest BCUT2D eigenvalue weighted by molar-refractivity contribution is 7.79. The molecule has 2 N–H and O–H groups in total. The van der Waals surface area contributed by atoms with Crippen molar-refractivity contribution in [3.05, 3.63) is 67.1 Å². The molecule has 1 unspecified atom stereocenters. The lowest BCUT2D eigenvalue weighted by Crippen LogP contribution is -2.55. The van der Waals surface area contributed by atoms with Gasteiger partial charge in [0.15, 0.2) is 10.5 Å². The zero-order valence-electron chi connectivity index (χ0n) is 20.7. The fraction of sp³-hybridized carbons (Fsp3) is 0.333. The van der Waals surface area contributed by atoms with Gasteiger partial charge in [-0.25, -0.2) is 9.50 Å². The maximum absolute atomic E-state index is 11.5. The molecule has 0 bridgehead atoms. The summed E-state index contributed by atoms with van der Waals surface area (Å²) in [6.07, 6.45) is 6.81. The number of hydrogen-bond donors (Lipinski definition) is 2. The summed E-state index contributed by atoms with van der Waals surface area (Å²) in [5.41, 5.74) is 5.64. The van der Waals surface area contributed by atoms with E-state index in [1.165, 1.54) is 12.1 Å². The molecule has 5 rings (SSSR count). The lowest BCUT2D eigenvalue weighted by atomic mass is 10.0. The Labute approximate surface area is 209 Å². The van der Waals surface area contributed by atoms with Crippen LogP contribution in [0.25, 0.3) is 27.9 Å². The topological polar surface area (TPSA) is 82.8 Å². The van der Waals surface area contributed by atoms with E-state index in [0.29, 0.717) is 22.6 Å². The molecule has 2 aromatic carbocycles. The van der Waals surface area contributed by atoms with Gasteiger partial charge in [0.25, 0.3) is 0 Å². The van der Waals surface area contributed by atoms with Gasteiger partial charge in [-0.1, -0.05) is 48.7 Å². The number of nitrogens with zero attached hydrogens (tertiary/aromatic N) is 4. The minimum Gasteiger partial charge on any atom is -0.364 e. The molecule has 3 atom stereocenters. The second-order valence-electron chi connectivity index (χ2n) is 9.01. The van der Waals surface area contributed by atoms with Crippen LogP contribution < -0.4 is 10.2 Å². The molecule has 0 aliphatic carbocycles. The van der Waals surface area contributed by atoms with Crippen LogP contribution in [0.1, 0.15) is 34.1 Å². The van der Waals surface area contributed by atoms with Crippen LogP contribution in [0.2, 0.25) is 0 Å². The summed E-state index contributed by atoms with van der Waals surface area (Å²) in [6, 6.07) is 16.5. The summed E-state index contributed by atoms with van der Waals surface area (Å²) in [4.78, 5) is 7.51. The number of piperazine rings is 1. The van der Waals surface area contributed by atoms with Crippen LogP contribution in [0.15, 0.2) is 72.0 Å². The van der Waals surface area contributed by atoms with Crippen molar-refractivity contribution in [2.24, 2.45) is 0 Å². The van der Waals surface area contributed by atoms with Crippen molar-refractivity contribution in [1.82, 2.24) is 19.9 Å². The van der Waals surface area contributed by atoms with Crippen molar-refractivity contribution in [3.8, 4) is 22.3 Å². The first-order valence-corrected chi connectivity index (χ1v) is 13.3. The van der Waals surface area contributed by atoms with Crippen molar-refractivity contribution in [2.45, 2.75) is 51.1 Å². The molecule has 0 spiro atoms. The van der Waals surface area contributed by atoms with Gasteiger partial charge in [0.1, 0.15) is 0 Å². The molecule has 184 valence electrons. The average molecular weight is 493 g/mol. The molecule has 0 radical (unpaired) electrons. The number of rotatable bonds is 4. The highest BCUT2D eigenvalue weighted by Gasteiger charge is 2.24. The van der Waals surface area contributed by atoms with E-state index in [-0.39, 0.29) is 0 Å². The Morgan fingerprint density at radius 3 is 2.34 bits per heavy atom. The smallest absolute Gasteiger partial charge is 0.235 e. The molecule has 1 aliphatic heterocycles. The summed E-state index contributed by atoms with van der Waals surface area (Å²) >= 11 is -2.38. The number of hydrogen-bond acceptors (Lipinski definition) is 5. The fourth-order valence-electron chi connectivity index (χ4n) is 4.49. The Bertz CT molecular complexity index is 1290. The van der Waals surface area contributed by atoms with Crippen molar-refractivity contribution in [1.29, 1.82) is 0 Å². The molecule has 0 saturated carbocycles. The summed E-state index contributed by atoms with van der Waals surface area (Å²) in [6.45, 7) is 10.7. The largest absolute Gasteiger partial charge is 0.364 e. The number of thiol groups is 1. The lowest BCUT2D eigenvalue weighted by Gasteiger charge is -2.41. The number of benzene rings is 2. The molecule has 2 aromatic heterocycles. The molecule has 1 fully saturated rings. The Balaban J connectivity index is 0.000000917. The molecule has 0 amide bonds. The van der Waals surface area contributed by atoms with Gasteiger partial charge in [0, 0.05) is 60.4 Å². The fourth-order valence-corrected chi connectivity index (χ4v) is 4.95. The van der Waals surface area contributed by atoms with E-state index in [4.69, 9.17) is 0 Å². The van der Waals surface area contributed by atoms with Crippen molar-refractivity contribution in [2.75, 3.05) is 18.0 Å². The Kier molecular flexibility index (Phi) is 7.95. The van der Waals surface area contributed by atoms with Crippen LogP contribution in [0.3, 0.4) is 0 Å².